The highest BCUT2D eigenvalue weighted by molar-refractivity contribution is 5.87. The molecule has 1 atom stereocenters. The highest BCUT2D eigenvalue weighted by Crippen LogP contribution is 2.34. The first-order valence-electron chi connectivity index (χ1n) is 9.65. The van der Waals surface area contributed by atoms with Crippen molar-refractivity contribution in [2.75, 3.05) is 6.54 Å². The van der Waals surface area contributed by atoms with Crippen LogP contribution in [0, 0.1) is 6.92 Å². The fourth-order valence-corrected chi connectivity index (χ4v) is 4.48. The number of hydrogen-bond acceptors (Lipinski definition) is 1. The van der Waals surface area contributed by atoms with Crippen LogP contribution in [0.15, 0.2) is 48.7 Å². The van der Waals surface area contributed by atoms with Crippen molar-refractivity contribution in [1.82, 2.24) is 9.88 Å². The van der Waals surface area contributed by atoms with E-state index in [-0.39, 0.29) is 0 Å². The van der Waals surface area contributed by atoms with Crippen LogP contribution in [0.3, 0.4) is 0 Å². The Kier molecular flexibility index (Phi) is 4.63. The predicted molar refractivity (Wildman–Crippen MR) is 106 cm³/mol. The van der Waals surface area contributed by atoms with Crippen LogP contribution in [-0.2, 0) is 13.0 Å². The van der Waals surface area contributed by atoms with Gasteiger partial charge in [-0.1, -0.05) is 49.7 Å². The maximum Gasteiger partial charge on any atom is 0.0487 e. The van der Waals surface area contributed by atoms with Gasteiger partial charge in [0.25, 0.3) is 0 Å². The maximum atomic E-state index is 3.44. The zero-order chi connectivity index (χ0) is 17.2. The molecule has 1 aliphatic heterocycles. The van der Waals surface area contributed by atoms with Crippen LogP contribution in [0.25, 0.3) is 10.9 Å². The number of piperidine rings is 1. The van der Waals surface area contributed by atoms with Crippen molar-refractivity contribution in [3.63, 3.8) is 0 Å². The van der Waals surface area contributed by atoms with Crippen LogP contribution in [0.2, 0.25) is 0 Å². The highest BCUT2D eigenvalue weighted by Gasteiger charge is 2.25. The molecular formula is C23H28N2. The number of aromatic amines is 1. The van der Waals surface area contributed by atoms with E-state index in [2.05, 4.69) is 72.4 Å². The smallest absolute Gasteiger partial charge is 0.0487 e. The normalized spacial score (nSPS) is 18.7. The minimum atomic E-state index is 0.551. The first-order valence-corrected chi connectivity index (χ1v) is 9.65. The molecule has 1 aliphatic rings. The fraction of sp³-hybridized carbons (Fsp3) is 0.391. The Labute approximate surface area is 150 Å². The minimum Gasteiger partial charge on any atom is -0.361 e. The summed E-state index contributed by atoms with van der Waals surface area (Å²) in [5.74, 6) is 0. The van der Waals surface area contributed by atoms with Gasteiger partial charge in [-0.25, -0.2) is 0 Å². The van der Waals surface area contributed by atoms with Crippen molar-refractivity contribution in [2.45, 2.75) is 52.1 Å². The number of benzene rings is 2. The van der Waals surface area contributed by atoms with Crippen LogP contribution >= 0.6 is 0 Å². The number of rotatable bonds is 4. The zero-order valence-electron chi connectivity index (χ0n) is 15.4. The Morgan fingerprint density at radius 2 is 1.96 bits per heavy atom. The second-order valence-electron chi connectivity index (χ2n) is 7.34. The number of fused-ring (bicyclic) bond motifs is 1. The number of hydrogen-bond donors (Lipinski definition) is 1. The van der Waals surface area contributed by atoms with Crippen LogP contribution in [0.4, 0.5) is 0 Å². The molecule has 25 heavy (non-hydrogen) atoms. The molecule has 0 bridgehead atoms. The van der Waals surface area contributed by atoms with Gasteiger partial charge in [0.05, 0.1) is 0 Å². The van der Waals surface area contributed by atoms with E-state index in [0.29, 0.717) is 6.04 Å². The minimum absolute atomic E-state index is 0.551. The van der Waals surface area contributed by atoms with Crippen molar-refractivity contribution >= 4 is 10.9 Å². The molecular weight excluding hydrogens is 304 g/mol. The molecule has 1 N–H and O–H groups in total. The second-order valence-corrected chi connectivity index (χ2v) is 7.34. The summed E-state index contributed by atoms with van der Waals surface area (Å²) in [6, 6.07) is 16.3. The van der Waals surface area contributed by atoms with Crippen LogP contribution in [-0.4, -0.2) is 16.4 Å². The molecule has 1 fully saturated rings. The largest absolute Gasteiger partial charge is 0.361 e. The lowest BCUT2D eigenvalue weighted by atomic mass is 9.92. The highest BCUT2D eigenvalue weighted by atomic mass is 15.2. The van der Waals surface area contributed by atoms with Crippen molar-refractivity contribution in [3.8, 4) is 0 Å². The van der Waals surface area contributed by atoms with Gasteiger partial charge >= 0.3 is 0 Å². The van der Waals surface area contributed by atoms with Crippen molar-refractivity contribution in [3.05, 3.63) is 70.9 Å². The number of nitrogens with zero attached hydrogens (tertiary/aromatic N) is 1. The monoisotopic (exact) mass is 332 g/mol. The van der Waals surface area contributed by atoms with E-state index >= 15 is 0 Å². The van der Waals surface area contributed by atoms with E-state index in [1.54, 1.807) is 0 Å². The maximum absolute atomic E-state index is 3.44. The summed E-state index contributed by atoms with van der Waals surface area (Å²) in [4.78, 5) is 6.14. The van der Waals surface area contributed by atoms with Crippen molar-refractivity contribution < 1.29 is 0 Å². The van der Waals surface area contributed by atoms with Gasteiger partial charge in [0.2, 0.25) is 0 Å². The Bertz CT molecular complexity index is 847. The Balaban J connectivity index is 1.72. The van der Waals surface area contributed by atoms with Gasteiger partial charge in [0.1, 0.15) is 0 Å². The van der Waals surface area contributed by atoms with Crippen molar-refractivity contribution in [2.24, 2.45) is 0 Å². The quantitative estimate of drug-likeness (QED) is 0.643. The molecule has 1 aromatic heterocycles. The van der Waals surface area contributed by atoms with Gasteiger partial charge in [-0.3, -0.25) is 4.90 Å². The third-order valence-electron chi connectivity index (χ3n) is 5.78. The molecule has 1 saturated heterocycles. The molecule has 0 unspecified atom stereocenters. The zero-order valence-corrected chi connectivity index (χ0v) is 15.4. The van der Waals surface area contributed by atoms with Gasteiger partial charge in [-0.2, -0.15) is 0 Å². The summed E-state index contributed by atoms with van der Waals surface area (Å²) in [5, 5.41) is 1.41. The van der Waals surface area contributed by atoms with E-state index in [1.807, 2.05) is 0 Å². The van der Waals surface area contributed by atoms with Crippen LogP contribution < -0.4 is 0 Å². The summed E-state index contributed by atoms with van der Waals surface area (Å²) in [7, 11) is 0. The fourth-order valence-electron chi connectivity index (χ4n) is 4.48. The SMILES string of the molecule is CCc1cc(C)c2[nH]ccc2c1CN1CCCC[C@H]1c1ccccc1. The topological polar surface area (TPSA) is 19.0 Å². The molecule has 0 saturated carbocycles. The average molecular weight is 332 g/mol. The summed E-state index contributed by atoms with van der Waals surface area (Å²) in [5.41, 5.74) is 7.16. The predicted octanol–water partition coefficient (Wildman–Crippen LogP) is 5.77. The first kappa shape index (κ1) is 16.4. The Morgan fingerprint density at radius 1 is 1.12 bits per heavy atom. The molecule has 3 aromatic rings. The molecule has 2 nitrogen and oxygen atoms in total. The van der Waals surface area contributed by atoms with Gasteiger partial charge in [-0.05, 0) is 61.1 Å². The van der Waals surface area contributed by atoms with Gasteiger partial charge in [0.15, 0.2) is 0 Å². The molecule has 0 amide bonds. The molecule has 0 radical (unpaired) electrons. The molecule has 2 heterocycles. The third-order valence-corrected chi connectivity index (χ3v) is 5.78. The Morgan fingerprint density at radius 3 is 2.76 bits per heavy atom. The Hall–Kier alpha value is -2.06. The number of H-pyrrole nitrogens is 1. The summed E-state index contributed by atoms with van der Waals surface area (Å²) in [6.07, 6.45) is 7.11. The van der Waals surface area contributed by atoms with Gasteiger partial charge < -0.3 is 4.98 Å². The summed E-state index contributed by atoms with van der Waals surface area (Å²) < 4.78 is 0. The lowest BCUT2D eigenvalue weighted by Gasteiger charge is -2.36. The lowest BCUT2D eigenvalue weighted by molar-refractivity contribution is 0.140. The summed E-state index contributed by atoms with van der Waals surface area (Å²) >= 11 is 0. The molecule has 130 valence electrons. The van der Waals surface area contributed by atoms with Crippen LogP contribution in [0.5, 0.6) is 0 Å². The second kappa shape index (κ2) is 7.05. The van der Waals surface area contributed by atoms with Gasteiger partial charge in [0, 0.05) is 29.7 Å². The molecule has 2 aromatic carbocycles. The molecule has 4 rings (SSSR count). The van der Waals surface area contributed by atoms with Crippen LogP contribution in [0.1, 0.15) is 54.5 Å². The van der Waals surface area contributed by atoms with Crippen molar-refractivity contribution in [1.29, 1.82) is 0 Å². The molecule has 0 aliphatic carbocycles. The average Bonchev–Trinajstić information content (AvgIpc) is 3.15. The van der Waals surface area contributed by atoms with Gasteiger partial charge in [-0.15, -0.1) is 0 Å². The van der Waals surface area contributed by atoms with E-state index in [1.165, 1.54) is 59.0 Å². The molecule has 0 spiro atoms. The van der Waals surface area contributed by atoms with E-state index in [4.69, 9.17) is 0 Å². The summed E-state index contributed by atoms with van der Waals surface area (Å²) in [6.45, 7) is 6.75. The first-order chi connectivity index (χ1) is 12.3. The van der Waals surface area contributed by atoms with E-state index in [9.17, 15) is 0 Å². The van der Waals surface area contributed by atoms with E-state index in [0.717, 1.165) is 13.0 Å². The van der Waals surface area contributed by atoms with E-state index < -0.39 is 0 Å². The number of nitrogens with one attached hydrogen (secondary N) is 1. The number of aromatic nitrogens is 1. The number of likely N-dealkylation sites (tertiary alicyclic amines) is 1. The third kappa shape index (κ3) is 3.11. The lowest BCUT2D eigenvalue weighted by Crippen LogP contribution is -2.33. The molecule has 2 heteroatoms. The number of aryl methyl sites for hydroxylation is 2. The standard InChI is InChI=1S/C23H28N2/c1-3-18-15-17(2)23-20(12-13-24-23)21(18)16-25-14-8-7-11-22(25)19-9-5-4-6-10-19/h4-6,9-10,12-13,15,22,24H,3,7-8,11,14,16H2,1-2H3/t22-/m0/s1.